The van der Waals surface area contributed by atoms with Crippen LogP contribution in [0.3, 0.4) is 0 Å². The fourth-order valence-corrected chi connectivity index (χ4v) is 4.60. The van der Waals surface area contributed by atoms with Crippen LogP contribution in [0.4, 0.5) is 18.9 Å². The molecule has 0 spiro atoms. The van der Waals surface area contributed by atoms with E-state index in [1.807, 2.05) is 0 Å². The van der Waals surface area contributed by atoms with Gasteiger partial charge in [0.1, 0.15) is 0 Å². The first-order valence-corrected chi connectivity index (χ1v) is 12.9. The quantitative estimate of drug-likeness (QED) is 0.241. The van der Waals surface area contributed by atoms with E-state index in [9.17, 15) is 22.8 Å². The Morgan fingerprint density at radius 3 is 2.60 bits per heavy atom. The molecule has 2 heterocycles. The van der Waals surface area contributed by atoms with Crippen LogP contribution >= 0.6 is 0 Å². The highest BCUT2D eigenvalue weighted by atomic mass is 19.4. The lowest BCUT2D eigenvalue weighted by Gasteiger charge is -2.32. The minimum absolute atomic E-state index is 0.00729. The Morgan fingerprint density at radius 1 is 1.25 bits per heavy atom. The fraction of sp³-hybridized carbons (Fsp3) is 0.345. The summed E-state index contributed by atoms with van der Waals surface area (Å²) in [5.74, 6) is -0.474. The van der Waals surface area contributed by atoms with E-state index in [1.165, 1.54) is 12.2 Å². The number of benzene rings is 1. The predicted octanol–water partition coefficient (Wildman–Crippen LogP) is 4.37. The molecule has 0 aliphatic carbocycles. The molecule has 0 radical (unpaired) electrons. The number of nitrogens with two attached hydrogens (primary N) is 1. The molecule has 3 rings (SSSR count). The van der Waals surface area contributed by atoms with Crippen molar-refractivity contribution in [1.82, 2.24) is 15.2 Å². The number of aromatic nitrogens is 1. The maximum absolute atomic E-state index is 13.4. The second-order valence-corrected chi connectivity index (χ2v) is 9.56. The summed E-state index contributed by atoms with van der Waals surface area (Å²) in [4.78, 5) is 30.7. The minimum atomic E-state index is -4.57. The van der Waals surface area contributed by atoms with Gasteiger partial charge >= 0.3 is 6.18 Å². The fourth-order valence-electron chi connectivity index (χ4n) is 4.60. The molecule has 0 unspecified atom stereocenters. The number of alkyl halides is 3. The molecule has 1 aromatic heterocycles. The highest BCUT2D eigenvalue weighted by Gasteiger charge is 2.33. The predicted molar refractivity (Wildman–Crippen MR) is 147 cm³/mol. The first kappa shape index (κ1) is 30.4. The Morgan fingerprint density at radius 2 is 1.98 bits per heavy atom. The number of pyridine rings is 1. The first-order chi connectivity index (χ1) is 19.0. The lowest BCUT2D eigenvalue weighted by atomic mass is 9.93. The van der Waals surface area contributed by atoms with Crippen molar-refractivity contribution in [2.45, 2.75) is 38.9 Å². The number of halogens is 3. The van der Waals surface area contributed by atoms with Gasteiger partial charge in [0.2, 0.25) is 0 Å². The zero-order valence-electron chi connectivity index (χ0n) is 22.3. The monoisotopic (exact) mass is 557 g/mol. The number of aliphatic hydroxyl groups excluding tert-OH is 1. The summed E-state index contributed by atoms with van der Waals surface area (Å²) in [7, 11) is 0. The first-order valence-electron chi connectivity index (χ1n) is 12.9. The zero-order valence-corrected chi connectivity index (χ0v) is 22.3. The number of amides is 2. The number of aliphatic hydroxyl groups is 1. The number of hydrogen-bond acceptors (Lipinski definition) is 6. The van der Waals surface area contributed by atoms with Crippen molar-refractivity contribution >= 4 is 17.5 Å². The van der Waals surface area contributed by atoms with E-state index >= 15 is 0 Å². The summed E-state index contributed by atoms with van der Waals surface area (Å²) < 4.78 is 40.3. The maximum Gasteiger partial charge on any atom is 0.416 e. The molecule has 214 valence electrons. The number of carbonyl (C=O) groups excluding carboxylic acids is 2. The third-order valence-corrected chi connectivity index (χ3v) is 6.69. The Kier molecular flexibility index (Phi) is 10.5. The van der Waals surface area contributed by atoms with Crippen LogP contribution in [0.1, 0.15) is 47.7 Å². The SMILES string of the molecule is C=C/C(C(N)=O)=C(\C=C(/C)Nc1cccc(C(=O)N2CCC(CCO)CC2)c1)NCc1cnccc1C(F)(F)F. The van der Waals surface area contributed by atoms with Crippen molar-refractivity contribution in [2.24, 2.45) is 11.7 Å². The number of allylic oxidation sites excluding steroid dienone is 2. The van der Waals surface area contributed by atoms with Crippen molar-refractivity contribution < 1.29 is 27.9 Å². The number of anilines is 1. The van der Waals surface area contributed by atoms with Gasteiger partial charge in [0.15, 0.2) is 0 Å². The van der Waals surface area contributed by atoms with Crippen LogP contribution in [0, 0.1) is 5.92 Å². The third-order valence-electron chi connectivity index (χ3n) is 6.69. The van der Waals surface area contributed by atoms with E-state index in [-0.39, 0.29) is 35.9 Å². The highest BCUT2D eigenvalue weighted by Crippen LogP contribution is 2.31. The molecule has 1 aromatic carbocycles. The van der Waals surface area contributed by atoms with Gasteiger partial charge in [0.05, 0.1) is 11.1 Å². The van der Waals surface area contributed by atoms with Crippen LogP contribution in [-0.2, 0) is 17.5 Å². The summed E-state index contributed by atoms with van der Waals surface area (Å²) >= 11 is 0. The molecule has 1 fully saturated rings. The van der Waals surface area contributed by atoms with E-state index in [2.05, 4.69) is 22.2 Å². The number of rotatable bonds is 11. The van der Waals surface area contributed by atoms with E-state index in [0.29, 0.717) is 36.0 Å². The highest BCUT2D eigenvalue weighted by molar-refractivity contribution is 5.96. The Bertz CT molecular complexity index is 1280. The number of likely N-dealkylation sites (tertiary alicyclic amines) is 1. The van der Waals surface area contributed by atoms with Gasteiger partial charge in [-0.1, -0.05) is 18.7 Å². The Labute approximate surface area is 231 Å². The average Bonchev–Trinajstić information content (AvgIpc) is 2.92. The smallest absolute Gasteiger partial charge is 0.396 e. The number of nitrogens with zero attached hydrogens (tertiary/aromatic N) is 2. The van der Waals surface area contributed by atoms with Crippen LogP contribution in [0.5, 0.6) is 0 Å². The molecule has 5 N–H and O–H groups in total. The van der Waals surface area contributed by atoms with Gasteiger partial charge in [-0.3, -0.25) is 14.6 Å². The molecule has 0 atom stereocenters. The van der Waals surface area contributed by atoms with Crippen LogP contribution in [0.25, 0.3) is 0 Å². The lowest BCUT2D eigenvalue weighted by Crippen LogP contribution is -2.38. The summed E-state index contributed by atoms with van der Waals surface area (Å²) in [6.45, 7) is 6.44. The molecule has 2 aromatic rings. The van der Waals surface area contributed by atoms with Crippen LogP contribution < -0.4 is 16.4 Å². The third kappa shape index (κ3) is 8.19. The topological polar surface area (TPSA) is 121 Å². The number of piperidine rings is 1. The number of carbonyl (C=O) groups is 2. The van der Waals surface area contributed by atoms with Gasteiger partial charge in [0, 0.05) is 66.8 Å². The normalized spacial score (nSPS) is 15.3. The molecular formula is C29H34F3N5O3. The van der Waals surface area contributed by atoms with Crippen molar-refractivity contribution in [1.29, 1.82) is 0 Å². The van der Waals surface area contributed by atoms with E-state index in [1.54, 1.807) is 36.1 Å². The number of hydrogen-bond donors (Lipinski definition) is 4. The van der Waals surface area contributed by atoms with Crippen molar-refractivity contribution in [3.63, 3.8) is 0 Å². The molecular weight excluding hydrogens is 523 g/mol. The molecule has 11 heteroatoms. The Hall–Kier alpha value is -4.12. The van der Waals surface area contributed by atoms with Gasteiger partial charge < -0.3 is 26.4 Å². The largest absolute Gasteiger partial charge is 0.416 e. The molecule has 1 aliphatic heterocycles. The van der Waals surface area contributed by atoms with Crippen molar-refractivity contribution in [3.8, 4) is 0 Å². The second-order valence-electron chi connectivity index (χ2n) is 9.56. The van der Waals surface area contributed by atoms with Crippen molar-refractivity contribution in [2.75, 3.05) is 25.0 Å². The number of primary amides is 1. The summed E-state index contributed by atoms with van der Waals surface area (Å²) in [5, 5.41) is 15.2. The average molecular weight is 558 g/mol. The van der Waals surface area contributed by atoms with E-state index in [4.69, 9.17) is 10.8 Å². The molecule has 8 nitrogen and oxygen atoms in total. The minimum Gasteiger partial charge on any atom is -0.396 e. The number of nitrogens with one attached hydrogen (secondary N) is 2. The maximum atomic E-state index is 13.4. The molecule has 1 aliphatic rings. The summed E-state index contributed by atoms with van der Waals surface area (Å²) in [5.41, 5.74) is 6.35. The van der Waals surface area contributed by atoms with Gasteiger partial charge in [-0.2, -0.15) is 13.2 Å². The van der Waals surface area contributed by atoms with Crippen LogP contribution in [0.15, 0.2) is 78.4 Å². The standard InChI is InChI=1S/C29H34F3N5O3/c1-3-24(27(33)39)26(35-18-22-17-34-11-7-25(22)29(30,31)32)15-19(2)36-23-6-4-5-21(16-23)28(40)37-12-8-20(9-13-37)10-14-38/h3-7,11,15-17,20,35-36,38H,1,8-10,12-14,18H2,2H3,(H2,33,39)/b19-15+,26-24-. The molecule has 40 heavy (non-hydrogen) atoms. The molecule has 1 saturated heterocycles. The lowest BCUT2D eigenvalue weighted by molar-refractivity contribution is -0.138. The van der Waals surface area contributed by atoms with Crippen molar-refractivity contribution in [3.05, 3.63) is 95.1 Å². The van der Waals surface area contributed by atoms with Gasteiger partial charge in [-0.05, 0) is 62.4 Å². The van der Waals surface area contributed by atoms with E-state index < -0.39 is 17.6 Å². The summed E-state index contributed by atoms with van der Waals surface area (Å²) in [6, 6.07) is 7.84. The van der Waals surface area contributed by atoms with Gasteiger partial charge in [-0.15, -0.1) is 0 Å². The molecule has 2 amide bonds. The molecule has 0 bridgehead atoms. The van der Waals surface area contributed by atoms with Crippen LogP contribution in [-0.4, -0.2) is 46.5 Å². The second kappa shape index (κ2) is 13.8. The van der Waals surface area contributed by atoms with Gasteiger partial charge in [-0.25, -0.2) is 0 Å². The Balaban J connectivity index is 1.78. The van der Waals surface area contributed by atoms with E-state index in [0.717, 1.165) is 37.7 Å². The molecule has 0 saturated carbocycles. The summed E-state index contributed by atoms with van der Waals surface area (Å²) in [6.07, 6.45) is 2.81. The zero-order chi connectivity index (χ0) is 29.3. The van der Waals surface area contributed by atoms with Crippen LogP contribution in [0.2, 0.25) is 0 Å². The van der Waals surface area contributed by atoms with Gasteiger partial charge in [0.25, 0.3) is 11.8 Å².